The fraction of sp³-hybridized carbons (Fsp3) is 0.250. The van der Waals surface area contributed by atoms with E-state index in [0.717, 1.165) is 32.4 Å². The van der Waals surface area contributed by atoms with Gasteiger partial charge in [-0.1, -0.05) is 11.6 Å². The molecular weight excluding hydrogens is 505 g/mol. The molecule has 0 heterocycles. The van der Waals surface area contributed by atoms with E-state index in [1.165, 1.54) is 12.1 Å². The van der Waals surface area contributed by atoms with E-state index in [2.05, 4.69) is 14.8 Å². The van der Waals surface area contributed by atoms with E-state index in [9.17, 15) is 36.0 Å². The quantitative estimate of drug-likeness (QED) is 0.554. The first-order chi connectivity index (χ1) is 15.7. The van der Waals surface area contributed by atoms with Crippen LogP contribution in [0.25, 0.3) is 0 Å². The third-order valence-electron chi connectivity index (χ3n) is 4.35. The van der Waals surface area contributed by atoms with Gasteiger partial charge in [0.1, 0.15) is 6.54 Å². The van der Waals surface area contributed by atoms with Crippen LogP contribution in [-0.4, -0.2) is 53.3 Å². The van der Waals surface area contributed by atoms with E-state index < -0.39 is 56.9 Å². The number of alkyl halides is 3. The Kier molecular flexibility index (Phi) is 8.16. The van der Waals surface area contributed by atoms with Crippen molar-refractivity contribution in [1.82, 2.24) is 0 Å². The first-order valence-electron chi connectivity index (χ1n) is 9.14. The van der Waals surface area contributed by atoms with Gasteiger partial charge in [-0.15, -0.1) is 0 Å². The summed E-state index contributed by atoms with van der Waals surface area (Å²) >= 11 is 5.58. The SMILES string of the molecule is COC(=O)c1ccc(C(=O)OC)c(NC(=O)CN(c2ccc(Cl)c(C(F)(F)F)c2)S(C)(=O)=O)c1. The number of methoxy groups -OCH3 is 2. The summed E-state index contributed by atoms with van der Waals surface area (Å²) in [5.74, 6) is -2.69. The molecule has 184 valence electrons. The van der Waals surface area contributed by atoms with Gasteiger partial charge >= 0.3 is 18.1 Å². The molecule has 0 aromatic heterocycles. The highest BCUT2D eigenvalue weighted by atomic mass is 35.5. The molecular formula is C20H18ClF3N2O7S. The number of carbonyl (C=O) groups is 3. The predicted octanol–water partition coefficient (Wildman–Crippen LogP) is 3.34. The van der Waals surface area contributed by atoms with E-state index >= 15 is 0 Å². The molecule has 2 rings (SSSR count). The number of rotatable bonds is 7. The van der Waals surface area contributed by atoms with E-state index in [4.69, 9.17) is 11.6 Å². The second-order valence-electron chi connectivity index (χ2n) is 6.72. The smallest absolute Gasteiger partial charge is 0.417 e. The molecule has 2 aromatic carbocycles. The minimum absolute atomic E-state index is 0.0436. The fourth-order valence-electron chi connectivity index (χ4n) is 2.79. The lowest BCUT2D eigenvalue weighted by molar-refractivity contribution is -0.137. The number of nitrogens with zero attached hydrogens (tertiary/aromatic N) is 1. The van der Waals surface area contributed by atoms with E-state index in [0.29, 0.717) is 16.6 Å². The topological polar surface area (TPSA) is 119 Å². The second-order valence-corrected chi connectivity index (χ2v) is 9.04. The van der Waals surface area contributed by atoms with Gasteiger partial charge in [-0.2, -0.15) is 13.2 Å². The van der Waals surface area contributed by atoms with Crippen LogP contribution in [0.15, 0.2) is 36.4 Å². The van der Waals surface area contributed by atoms with Crippen LogP contribution in [0.2, 0.25) is 5.02 Å². The molecule has 14 heteroatoms. The zero-order valence-corrected chi connectivity index (χ0v) is 19.5. The molecule has 34 heavy (non-hydrogen) atoms. The van der Waals surface area contributed by atoms with Crippen LogP contribution in [0.4, 0.5) is 24.5 Å². The maximum atomic E-state index is 13.2. The van der Waals surface area contributed by atoms with Crippen molar-refractivity contribution in [2.24, 2.45) is 0 Å². The number of hydrogen-bond acceptors (Lipinski definition) is 7. The molecule has 2 aromatic rings. The Balaban J connectivity index is 2.44. The Morgan fingerprint density at radius 1 is 1.03 bits per heavy atom. The normalized spacial score (nSPS) is 11.5. The minimum Gasteiger partial charge on any atom is -0.465 e. The molecule has 1 amide bonds. The monoisotopic (exact) mass is 522 g/mol. The Morgan fingerprint density at radius 2 is 1.65 bits per heavy atom. The third kappa shape index (κ3) is 6.38. The van der Waals surface area contributed by atoms with Crippen molar-refractivity contribution in [3.63, 3.8) is 0 Å². The lowest BCUT2D eigenvalue weighted by Gasteiger charge is -2.23. The zero-order valence-electron chi connectivity index (χ0n) is 17.9. The molecule has 1 N–H and O–H groups in total. The molecule has 0 spiro atoms. The van der Waals surface area contributed by atoms with Gasteiger partial charge in [0.25, 0.3) is 0 Å². The van der Waals surface area contributed by atoms with Crippen LogP contribution in [0, 0.1) is 0 Å². The molecule has 9 nitrogen and oxygen atoms in total. The average Bonchev–Trinajstić information content (AvgIpc) is 2.75. The third-order valence-corrected chi connectivity index (χ3v) is 5.82. The van der Waals surface area contributed by atoms with E-state index in [-0.39, 0.29) is 16.8 Å². The Bertz CT molecular complexity index is 1230. The number of ether oxygens (including phenoxy) is 2. The number of sulfonamides is 1. The van der Waals surface area contributed by atoms with Gasteiger partial charge in [0.15, 0.2) is 0 Å². The number of halogens is 4. The molecule has 0 aliphatic heterocycles. The Labute approximate surface area is 197 Å². The standard InChI is InChI=1S/C20H18ClF3N2O7S/c1-32-18(28)11-4-6-13(19(29)33-2)16(8-11)25-17(27)10-26(34(3,30)31)12-5-7-15(21)14(9-12)20(22,23)24/h4-9H,10H2,1-3H3,(H,25,27). The summed E-state index contributed by atoms with van der Waals surface area (Å²) < 4.78 is 73.8. The molecule has 0 saturated carbocycles. The van der Waals surface area contributed by atoms with Crippen molar-refractivity contribution in [3.8, 4) is 0 Å². The number of esters is 2. The highest BCUT2D eigenvalue weighted by molar-refractivity contribution is 7.92. The van der Waals surface area contributed by atoms with Crippen LogP contribution >= 0.6 is 11.6 Å². The number of benzene rings is 2. The van der Waals surface area contributed by atoms with Crippen molar-refractivity contribution in [2.75, 3.05) is 36.6 Å². The van der Waals surface area contributed by atoms with Crippen molar-refractivity contribution in [2.45, 2.75) is 6.18 Å². The van der Waals surface area contributed by atoms with Gasteiger partial charge in [-0.3, -0.25) is 9.10 Å². The van der Waals surface area contributed by atoms with Crippen LogP contribution < -0.4 is 9.62 Å². The lowest BCUT2D eigenvalue weighted by Crippen LogP contribution is -2.37. The van der Waals surface area contributed by atoms with Gasteiger partial charge < -0.3 is 14.8 Å². The highest BCUT2D eigenvalue weighted by Gasteiger charge is 2.34. The number of hydrogen-bond donors (Lipinski definition) is 1. The van der Waals surface area contributed by atoms with Crippen LogP contribution in [0.3, 0.4) is 0 Å². The number of carbonyl (C=O) groups excluding carboxylic acids is 3. The van der Waals surface area contributed by atoms with Crippen LogP contribution in [0.1, 0.15) is 26.3 Å². The van der Waals surface area contributed by atoms with Crippen molar-refractivity contribution in [1.29, 1.82) is 0 Å². The Hall–Kier alpha value is -3.32. The molecule has 0 bridgehead atoms. The zero-order chi connectivity index (χ0) is 25.8. The lowest BCUT2D eigenvalue weighted by atomic mass is 10.1. The van der Waals surface area contributed by atoms with Crippen molar-refractivity contribution >= 4 is 50.8 Å². The average molecular weight is 523 g/mol. The Morgan fingerprint density at radius 3 is 2.18 bits per heavy atom. The first kappa shape index (κ1) is 26.9. The molecule has 0 radical (unpaired) electrons. The highest BCUT2D eigenvalue weighted by Crippen LogP contribution is 2.37. The minimum atomic E-state index is -4.87. The summed E-state index contributed by atoms with van der Waals surface area (Å²) in [6.07, 6.45) is -4.18. The maximum absolute atomic E-state index is 13.2. The summed E-state index contributed by atoms with van der Waals surface area (Å²) in [4.78, 5) is 36.5. The van der Waals surface area contributed by atoms with Crippen molar-refractivity contribution < 1.29 is 45.4 Å². The van der Waals surface area contributed by atoms with Gasteiger partial charge in [0.2, 0.25) is 15.9 Å². The molecule has 0 aliphatic rings. The molecule has 0 atom stereocenters. The number of nitrogens with one attached hydrogen (secondary N) is 1. The van der Waals surface area contributed by atoms with Crippen molar-refractivity contribution in [3.05, 3.63) is 58.1 Å². The molecule has 0 saturated heterocycles. The fourth-order valence-corrected chi connectivity index (χ4v) is 3.86. The summed E-state index contributed by atoms with van der Waals surface area (Å²) in [7, 11) is -2.05. The largest absolute Gasteiger partial charge is 0.465 e. The molecule has 0 aliphatic carbocycles. The maximum Gasteiger partial charge on any atom is 0.417 e. The molecule has 0 unspecified atom stereocenters. The summed E-state index contributed by atoms with van der Waals surface area (Å²) in [6, 6.07) is 5.87. The van der Waals surface area contributed by atoms with E-state index in [1.54, 1.807) is 0 Å². The first-order valence-corrected chi connectivity index (χ1v) is 11.4. The number of anilines is 2. The summed E-state index contributed by atoms with van der Waals surface area (Å²) in [5.41, 5.74) is -2.18. The van der Waals surface area contributed by atoms with Crippen LogP contribution in [0.5, 0.6) is 0 Å². The summed E-state index contributed by atoms with van der Waals surface area (Å²) in [6.45, 7) is -0.958. The van der Waals surface area contributed by atoms with Gasteiger partial charge in [-0.25, -0.2) is 18.0 Å². The van der Waals surface area contributed by atoms with Gasteiger partial charge in [0, 0.05) is 0 Å². The van der Waals surface area contributed by atoms with Gasteiger partial charge in [0.05, 0.1) is 53.6 Å². The predicted molar refractivity (Wildman–Crippen MR) is 116 cm³/mol. The summed E-state index contributed by atoms with van der Waals surface area (Å²) in [5, 5.41) is 1.62. The van der Waals surface area contributed by atoms with E-state index in [1.807, 2.05) is 0 Å². The number of amides is 1. The second kappa shape index (κ2) is 10.3. The van der Waals surface area contributed by atoms with Gasteiger partial charge in [-0.05, 0) is 36.4 Å². The molecule has 0 fully saturated rings. The van der Waals surface area contributed by atoms with Crippen LogP contribution in [-0.2, 0) is 30.5 Å².